The van der Waals surface area contributed by atoms with Gasteiger partial charge in [0.2, 0.25) is 17.2 Å². The van der Waals surface area contributed by atoms with Crippen LogP contribution in [0, 0.1) is 5.92 Å². The molecule has 0 fully saturated rings. The lowest BCUT2D eigenvalue weighted by molar-refractivity contribution is -0.129. The van der Waals surface area contributed by atoms with Crippen LogP contribution in [0.3, 0.4) is 0 Å². The van der Waals surface area contributed by atoms with Gasteiger partial charge in [0.1, 0.15) is 27.9 Å². The molecule has 0 saturated carbocycles. The third-order valence-corrected chi connectivity index (χ3v) is 8.42. The second kappa shape index (κ2) is 10.2. The molecule has 200 valence electrons. The van der Waals surface area contributed by atoms with Crippen LogP contribution in [0.25, 0.3) is 11.0 Å². The zero-order valence-corrected chi connectivity index (χ0v) is 23.5. The number of thioether (sulfide) groups is 1. The lowest BCUT2D eigenvalue weighted by Crippen LogP contribution is -2.55. The minimum Gasteiger partial charge on any atom is -0.496 e. The lowest BCUT2D eigenvalue weighted by Gasteiger charge is -2.36. The lowest BCUT2D eigenvalue weighted by atomic mass is 9.74. The molecule has 3 aromatic rings. The molecule has 0 amide bonds. The standard InChI is InChI=1S/C28H30ClN3O5S/c1-15-12-16(30-18(10-11-38-5)27-31-17-8-6-7-9-19(17)32(27)2)13-22(33)28(15)26(34)23-20(35-3)14-21(36-4)24(29)25(23)37-28/h6-9,13-15,18,30H,10-12H2,1-5H3/t15-,18+,28+/m1/s1. The van der Waals surface area contributed by atoms with Crippen LogP contribution in [0.4, 0.5) is 0 Å². The Kier molecular flexibility index (Phi) is 7.09. The van der Waals surface area contributed by atoms with Gasteiger partial charge in [0.25, 0.3) is 0 Å². The molecule has 1 aliphatic heterocycles. The number of benzene rings is 2. The summed E-state index contributed by atoms with van der Waals surface area (Å²) in [5.74, 6) is 1.16. The van der Waals surface area contributed by atoms with Crippen LogP contribution in [0.1, 0.15) is 42.0 Å². The van der Waals surface area contributed by atoms with E-state index >= 15 is 0 Å². The highest BCUT2D eigenvalue weighted by molar-refractivity contribution is 7.98. The fourth-order valence-corrected chi connectivity index (χ4v) is 6.17. The number of aromatic nitrogens is 2. The van der Waals surface area contributed by atoms with Gasteiger partial charge in [0.05, 0.1) is 31.3 Å². The molecule has 2 heterocycles. The van der Waals surface area contributed by atoms with Crippen LogP contribution in [0.15, 0.2) is 42.1 Å². The zero-order valence-electron chi connectivity index (χ0n) is 22.0. The first-order valence-electron chi connectivity index (χ1n) is 12.4. The maximum absolute atomic E-state index is 13.8. The predicted molar refractivity (Wildman–Crippen MR) is 149 cm³/mol. The van der Waals surface area contributed by atoms with E-state index in [2.05, 4.69) is 16.1 Å². The highest BCUT2D eigenvalue weighted by Gasteiger charge is 2.60. The van der Waals surface area contributed by atoms with Crippen LogP contribution < -0.4 is 19.5 Å². The Hall–Kier alpha value is -3.17. The van der Waals surface area contributed by atoms with Gasteiger partial charge in [0, 0.05) is 30.8 Å². The van der Waals surface area contributed by atoms with Crippen molar-refractivity contribution < 1.29 is 23.8 Å². The van der Waals surface area contributed by atoms with E-state index in [0.29, 0.717) is 12.2 Å². The number of para-hydroxylation sites is 2. The van der Waals surface area contributed by atoms with Crippen LogP contribution >= 0.6 is 23.4 Å². The number of rotatable bonds is 8. The number of methoxy groups -OCH3 is 2. The Balaban J connectivity index is 1.49. The van der Waals surface area contributed by atoms with Crippen molar-refractivity contribution >= 4 is 46.0 Å². The summed E-state index contributed by atoms with van der Waals surface area (Å²) in [5, 5.41) is 3.71. The van der Waals surface area contributed by atoms with Crippen molar-refractivity contribution in [2.75, 3.05) is 26.2 Å². The molecule has 1 aliphatic carbocycles. The number of fused-ring (bicyclic) bond motifs is 2. The number of aryl methyl sites for hydroxylation is 1. The van der Waals surface area contributed by atoms with Crippen molar-refractivity contribution in [3.63, 3.8) is 0 Å². The summed E-state index contributed by atoms with van der Waals surface area (Å²) in [6.45, 7) is 1.85. The minimum absolute atomic E-state index is 0.114. The number of imidazole rings is 1. The quantitative estimate of drug-likeness (QED) is 0.382. The smallest absolute Gasteiger partial charge is 0.236 e. The van der Waals surface area contributed by atoms with Crippen LogP contribution in [0.2, 0.25) is 5.02 Å². The van der Waals surface area contributed by atoms with Crippen LogP contribution in [0.5, 0.6) is 17.2 Å². The minimum atomic E-state index is -1.70. The van der Waals surface area contributed by atoms with Crippen molar-refractivity contribution in [3.8, 4) is 17.2 Å². The molecule has 3 atom stereocenters. The molecule has 38 heavy (non-hydrogen) atoms. The SMILES string of the molecule is COc1cc(OC)c2c(c1Cl)O[C@@]1(C(=O)C=C(N[C@@H](CCSC)c3nc4ccccc4n3C)C[C@H]1C)C2=O. The van der Waals surface area contributed by atoms with E-state index < -0.39 is 23.1 Å². The predicted octanol–water partition coefficient (Wildman–Crippen LogP) is 5.13. The number of hydrogen-bond donors (Lipinski definition) is 1. The molecule has 1 aromatic heterocycles. The maximum Gasteiger partial charge on any atom is 0.236 e. The van der Waals surface area contributed by atoms with Gasteiger partial charge in [-0.3, -0.25) is 9.59 Å². The van der Waals surface area contributed by atoms with E-state index in [-0.39, 0.29) is 28.1 Å². The highest BCUT2D eigenvalue weighted by atomic mass is 35.5. The van der Waals surface area contributed by atoms with Gasteiger partial charge < -0.3 is 24.1 Å². The molecule has 8 nitrogen and oxygen atoms in total. The van der Waals surface area contributed by atoms with E-state index in [9.17, 15) is 9.59 Å². The second-order valence-electron chi connectivity index (χ2n) is 9.60. The van der Waals surface area contributed by atoms with Crippen LogP contribution in [-0.4, -0.2) is 52.9 Å². The van der Waals surface area contributed by atoms with Crippen molar-refractivity contribution in [1.82, 2.24) is 14.9 Å². The number of allylic oxidation sites excluding steroid dienone is 1. The third-order valence-electron chi connectivity index (χ3n) is 7.41. The zero-order chi connectivity index (χ0) is 27.2. The number of halogens is 1. The molecular formula is C28H30ClN3O5S. The number of ether oxygens (including phenoxy) is 3. The number of hydrogen-bond acceptors (Lipinski definition) is 8. The first-order chi connectivity index (χ1) is 18.3. The molecule has 1 spiro atoms. The maximum atomic E-state index is 13.8. The molecule has 2 aromatic carbocycles. The molecule has 0 bridgehead atoms. The van der Waals surface area contributed by atoms with Gasteiger partial charge in [-0.25, -0.2) is 4.98 Å². The van der Waals surface area contributed by atoms with Crippen molar-refractivity contribution in [3.05, 3.63) is 58.5 Å². The molecule has 0 radical (unpaired) electrons. The number of nitrogens with zero attached hydrogens (tertiary/aromatic N) is 2. The Morgan fingerprint density at radius 1 is 1.26 bits per heavy atom. The van der Waals surface area contributed by atoms with Crippen molar-refractivity contribution in [1.29, 1.82) is 0 Å². The fraction of sp³-hybridized carbons (Fsp3) is 0.393. The number of ketones is 2. The van der Waals surface area contributed by atoms with E-state index in [1.165, 1.54) is 26.4 Å². The summed E-state index contributed by atoms with van der Waals surface area (Å²) in [6, 6.07) is 9.43. The van der Waals surface area contributed by atoms with E-state index in [0.717, 1.165) is 34.7 Å². The normalized spacial score (nSPS) is 21.3. The number of carbonyl (C=O) groups is 2. The number of carbonyl (C=O) groups excluding carboxylic acids is 2. The Morgan fingerprint density at radius 3 is 2.66 bits per heavy atom. The van der Waals surface area contributed by atoms with E-state index in [1.807, 2.05) is 38.2 Å². The van der Waals surface area contributed by atoms with E-state index in [1.54, 1.807) is 11.8 Å². The van der Waals surface area contributed by atoms with Crippen molar-refractivity contribution in [2.24, 2.45) is 13.0 Å². The fourth-order valence-electron chi connectivity index (χ4n) is 5.43. The first-order valence-corrected chi connectivity index (χ1v) is 14.1. The number of Topliss-reactive ketones (excluding diaryl/α,β-unsaturated/α-hetero) is 1. The van der Waals surface area contributed by atoms with Gasteiger partial charge in [0.15, 0.2) is 5.75 Å². The largest absolute Gasteiger partial charge is 0.496 e. The highest BCUT2D eigenvalue weighted by Crippen LogP contribution is 2.53. The van der Waals surface area contributed by atoms with Gasteiger partial charge in [-0.15, -0.1) is 0 Å². The summed E-state index contributed by atoms with van der Waals surface area (Å²) in [6.07, 6.45) is 4.81. The molecule has 5 rings (SSSR count). The summed E-state index contributed by atoms with van der Waals surface area (Å²) in [7, 11) is 4.92. The van der Waals surface area contributed by atoms with Crippen LogP contribution in [-0.2, 0) is 11.8 Å². The molecule has 0 saturated heterocycles. The van der Waals surface area contributed by atoms with Gasteiger partial charge >= 0.3 is 0 Å². The number of nitrogens with one attached hydrogen (secondary N) is 1. The Labute approximate surface area is 230 Å². The summed E-state index contributed by atoms with van der Waals surface area (Å²) >= 11 is 8.25. The first kappa shape index (κ1) is 26.4. The van der Waals surface area contributed by atoms with Gasteiger partial charge in [-0.1, -0.05) is 30.7 Å². The Morgan fingerprint density at radius 2 is 2.00 bits per heavy atom. The second-order valence-corrected chi connectivity index (χ2v) is 11.0. The molecule has 0 unspecified atom stereocenters. The Bertz CT molecular complexity index is 1470. The topological polar surface area (TPSA) is 91.7 Å². The van der Waals surface area contributed by atoms with Gasteiger partial charge in [-0.2, -0.15) is 11.8 Å². The van der Waals surface area contributed by atoms with Crippen molar-refractivity contribution in [2.45, 2.75) is 31.4 Å². The molecule has 1 N–H and O–H groups in total. The summed E-state index contributed by atoms with van der Waals surface area (Å²) in [5.41, 5.74) is 1.17. The summed E-state index contributed by atoms with van der Waals surface area (Å²) < 4.78 is 19.0. The molecular weight excluding hydrogens is 526 g/mol. The van der Waals surface area contributed by atoms with E-state index in [4.69, 9.17) is 30.8 Å². The summed E-state index contributed by atoms with van der Waals surface area (Å²) in [4.78, 5) is 32.4. The average Bonchev–Trinajstić information content (AvgIpc) is 3.41. The molecule has 10 heteroatoms. The average molecular weight is 556 g/mol. The molecule has 2 aliphatic rings. The monoisotopic (exact) mass is 555 g/mol. The van der Waals surface area contributed by atoms with Gasteiger partial charge in [-0.05, 0) is 37.0 Å². The third kappa shape index (κ3) is 4.03.